The van der Waals surface area contributed by atoms with E-state index in [-0.39, 0.29) is 11.9 Å². The SMILES string of the molecule is CC(=O)NC1CCN(c2ccnc3ccc(Cl)cc23)CC1. The standard InChI is InChI=1S/C16H18ClN3O/c1-11(21)19-13-5-8-20(9-6-13)16-4-7-18-15-3-2-12(17)10-14(15)16/h2-4,7,10,13H,5-6,8-9H2,1H3,(H,19,21). The van der Waals surface area contributed by atoms with Crippen LogP contribution in [0, 0.1) is 0 Å². The molecule has 2 aromatic rings. The molecule has 0 atom stereocenters. The molecular formula is C16H18ClN3O. The van der Waals surface area contributed by atoms with Gasteiger partial charge in [-0.1, -0.05) is 11.6 Å². The monoisotopic (exact) mass is 303 g/mol. The van der Waals surface area contributed by atoms with E-state index >= 15 is 0 Å². The maximum Gasteiger partial charge on any atom is 0.217 e. The summed E-state index contributed by atoms with van der Waals surface area (Å²) >= 11 is 6.12. The number of fused-ring (bicyclic) bond motifs is 1. The molecule has 1 amide bonds. The van der Waals surface area contributed by atoms with Crippen molar-refractivity contribution in [1.29, 1.82) is 0 Å². The first-order valence-electron chi connectivity index (χ1n) is 7.20. The molecule has 0 saturated carbocycles. The van der Waals surface area contributed by atoms with Crippen LogP contribution in [0.15, 0.2) is 30.5 Å². The molecule has 5 heteroatoms. The van der Waals surface area contributed by atoms with Gasteiger partial charge < -0.3 is 10.2 Å². The number of halogens is 1. The number of benzene rings is 1. The molecule has 21 heavy (non-hydrogen) atoms. The van der Waals surface area contributed by atoms with Crippen molar-refractivity contribution in [2.24, 2.45) is 0 Å². The van der Waals surface area contributed by atoms with Crippen molar-refractivity contribution in [3.05, 3.63) is 35.5 Å². The quantitative estimate of drug-likeness (QED) is 0.927. The molecule has 0 aliphatic carbocycles. The topological polar surface area (TPSA) is 45.2 Å². The van der Waals surface area contributed by atoms with Crippen LogP contribution in [0.2, 0.25) is 5.02 Å². The highest BCUT2D eigenvalue weighted by atomic mass is 35.5. The number of hydrogen-bond donors (Lipinski definition) is 1. The average molecular weight is 304 g/mol. The van der Waals surface area contributed by atoms with Gasteiger partial charge in [0.1, 0.15) is 0 Å². The zero-order valence-electron chi connectivity index (χ0n) is 12.0. The lowest BCUT2D eigenvalue weighted by atomic mass is 10.0. The van der Waals surface area contributed by atoms with Gasteiger partial charge in [0.15, 0.2) is 0 Å². The van der Waals surface area contributed by atoms with E-state index in [0.717, 1.165) is 41.9 Å². The molecule has 0 bridgehead atoms. The number of piperidine rings is 1. The molecule has 0 radical (unpaired) electrons. The molecular weight excluding hydrogens is 286 g/mol. The van der Waals surface area contributed by atoms with Gasteiger partial charge in [-0.3, -0.25) is 9.78 Å². The number of amides is 1. The molecule has 1 aliphatic heterocycles. The van der Waals surface area contributed by atoms with Gasteiger partial charge in [-0.15, -0.1) is 0 Å². The van der Waals surface area contributed by atoms with Crippen molar-refractivity contribution in [1.82, 2.24) is 10.3 Å². The van der Waals surface area contributed by atoms with Crippen molar-refractivity contribution >= 4 is 34.1 Å². The minimum absolute atomic E-state index is 0.0505. The maximum atomic E-state index is 11.1. The van der Waals surface area contributed by atoms with Gasteiger partial charge in [-0.25, -0.2) is 0 Å². The number of carbonyl (C=O) groups excluding carboxylic acids is 1. The lowest BCUT2D eigenvalue weighted by molar-refractivity contribution is -0.119. The van der Waals surface area contributed by atoms with Crippen molar-refractivity contribution in [3.8, 4) is 0 Å². The highest BCUT2D eigenvalue weighted by molar-refractivity contribution is 6.31. The molecule has 1 aromatic carbocycles. The highest BCUT2D eigenvalue weighted by Gasteiger charge is 2.21. The Morgan fingerprint density at radius 3 is 2.81 bits per heavy atom. The van der Waals surface area contributed by atoms with Crippen molar-refractivity contribution in [3.63, 3.8) is 0 Å². The van der Waals surface area contributed by atoms with Crippen LogP contribution in [0.5, 0.6) is 0 Å². The summed E-state index contributed by atoms with van der Waals surface area (Å²) in [4.78, 5) is 17.9. The predicted octanol–water partition coefficient (Wildman–Crippen LogP) is 2.99. The Morgan fingerprint density at radius 1 is 1.33 bits per heavy atom. The fourth-order valence-electron chi connectivity index (χ4n) is 2.93. The predicted molar refractivity (Wildman–Crippen MR) is 85.8 cm³/mol. The number of anilines is 1. The first kappa shape index (κ1) is 14.1. The number of nitrogens with one attached hydrogen (secondary N) is 1. The summed E-state index contributed by atoms with van der Waals surface area (Å²) in [6, 6.07) is 8.11. The number of nitrogens with zero attached hydrogens (tertiary/aromatic N) is 2. The minimum atomic E-state index is 0.0505. The smallest absolute Gasteiger partial charge is 0.217 e. The Bertz CT molecular complexity index is 666. The molecule has 0 unspecified atom stereocenters. The Balaban J connectivity index is 1.82. The third-order valence-corrected chi connectivity index (χ3v) is 4.16. The van der Waals surface area contributed by atoms with Gasteiger partial charge in [0.25, 0.3) is 0 Å². The summed E-state index contributed by atoms with van der Waals surface area (Å²) in [5.74, 6) is 0.0505. The van der Waals surface area contributed by atoms with E-state index in [4.69, 9.17) is 11.6 Å². The maximum absolute atomic E-state index is 11.1. The van der Waals surface area contributed by atoms with Gasteiger partial charge in [-0.05, 0) is 37.1 Å². The second-order valence-electron chi connectivity index (χ2n) is 5.45. The number of rotatable bonds is 2. The summed E-state index contributed by atoms with van der Waals surface area (Å²) in [7, 11) is 0. The van der Waals surface area contributed by atoms with Crippen LogP contribution in [0.4, 0.5) is 5.69 Å². The molecule has 3 rings (SSSR count). The second kappa shape index (κ2) is 5.90. The molecule has 0 spiro atoms. The number of pyridine rings is 1. The van der Waals surface area contributed by atoms with Crippen LogP contribution in [-0.4, -0.2) is 30.0 Å². The molecule has 1 N–H and O–H groups in total. The van der Waals surface area contributed by atoms with Crippen LogP contribution in [0.1, 0.15) is 19.8 Å². The third kappa shape index (κ3) is 3.10. The van der Waals surface area contributed by atoms with Crippen LogP contribution in [-0.2, 0) is 4.79 Å². The van der Waals surface area contributed by atoms with Crippen LogP contribution in [0.25, 0.3) is 10.9 Å². The molecule has 4 nitrogen and oxygen atoms in total. The van der Waals surface area contributed by atoms with Gasteiger partial charge in [0.05, 0.1) is 5.52 Å². The van der Waals surface area contributed by atoms with E-state index in [1.807, 2.05) is 30.5 Å². The molecule has 110 valence electrons. The largest absolute Gasteiger partial charge is 0.371 e. The Kier molecular flexibility index (Phi) is 3.97. The van der Waals surface area contributed by atoms with E-state index in [2.05, 4.69) is 15.2 Å². The van der Waals surface area contributed by atoms with Crippen LogP contribution in [0.3, 0.4) is 0 Å². The van der Waals surface area contributed by atoms with Gasteiger partial charge in [0.2, 0.25) is 5.91 Å². The lowest BCUT2D eigenvalue weighted by Gasteiger charge is -2.34. The normalized spacial score (nSPS) is 16.2. The van der Waals surface area contributed by atoms with Crippen LogP contribution < -0.4 is 10.2 Å². The van der Waals surface area contributed by atoms with Gasteiger partial charge >= 0.3 is 0 Å². The number of hydrogen-bond acceptors (Lipinski definition) is 3. The lowest BCUT2D eigenvalue weighted by Crippen LogP contribution is -2.44. The molecule has 1 saturated heterocycles. The van der Waals surface area contributed by atoms with E-state index in [0.29, 0.717) is 0 Å². The Labute approximate surface area is 129 Å². The average Bonchev–Trinajstić information content (AvgIpc) is 2.47. The summed E-state index contributed by atoms with van der Waals surface area (Å²) in [6.07, 6.45) is 3.76. The van der Waals surface area contributed by atoms with E-state index in [9.17, 15) is 4.79 Å². The minimum Gasteiger partial charge on any atom is -0.371 e. The van der Waals surface area contributed by atoms with Crippen molar-refractivity contribution in [2.45, 2.75) is 25.8 Å². The zero-order chi connectivity index (χ0) is 14.8. The number of carbonyl (C=O) groups is 1. The first-order valence-corrected chi connectivity index (χ1v) is 7.57. The summed E-state index contributed by atoms with van der Waals surface area (Å²) in [5, 5.41) is 4.81. The van der Waals surface area contributed by atoms with Gasteiger partial charge in [-0.2, -0.15) is 0 Å². The fourth-order valence-corrected chi connectivity index (χ4v) is 3.10. The first-order chi connectivity index (χ1) is 10.1. The highest BCUT2D eigenvalue weighted by Crippen LogP contribution is 2.29. The summed E-state index contributed by atoms with van der Waals surface area (Å²) < 4.78 is 0. The van der Waals surface area contributed by atoms with E-state index in [1.165, 1.54) is 5.69 Å². The number of aromatic nitrogens is 1. The van der Waals surface area contributed by atoms with Crippen molar-refractivity contribution in [2.75, 3.05) is 18.0 Å². The Hall–Kier alpha value is -1.81. The Morgan fingerprint density at radius 2 is 2.10 bits per heavy atom. The van der Waals surface area contributed by atoms with E-state index in [1.54, 1.807) is 6.92 Å². The molecule has 2 heterocycles. The van der Waals surface area contributed by atoms with Gasteiger partial charge in [0, 0.05) is 48.3 Å². The summed E-state index contributed by atoms with van der Waals surface area (Å²) in [5.41, 5.74) is 2.13. The van der Waals surface area contributed by atoms with Crippen molar-refractivity contribution < 1.29 is 4.79 Å². The zero-order valence-corrected chi connectivity index (χ0v) is 12.7. The fraction of sp³-hybridized carbons (Fsp3) is 0.375. The third-order valence-electron chi connectivity index (χ3n) is 3.92. The summed E-state index contributed by atoms with van der Waals surface area (Å²) in [6.45, 7) is 3.43. The molecule has 1 aliphatic rings. The molecule has 1 aromatic heterocycles. The second-order valence-corrected chi connectivity index (χ2v) is 5.89. The molecule has 1 fully saturated rings. The van der Waals surface area contributed by atoms with E-state index < -0.39 is 0 Å². The van der Waals surface area contributed by atoms with Crippen LogP contribution >= 0.6 is 11.6 Å².